The van der Waals surface area contributed by atoms with E-state index in [4.69, 9.17) is 10.5 Å². The molecule has 5 heteroatoms. The molecule has 0 fully saturated rings. The summed E-state index contributed by atoms with van der Waals surface area (Å²) in [6.45, 7) is 2.81. The minimum atomic E-state index is 0.262. The number of anilines is 1. The molecule has 3 rings (SSSR count). The molecule has 0 amide bonds. The molecule has 0 spiro atoms. The first-order valence-corrected chi connectivity index (χ1v) is 8.13. The fourth-order valence-corrected chi connectivity index (χ4v) is 4.33. The zero-order valence-corrected chi connectivity index (χ0v) is 13.4. The summed E-state index contributed by atoms with van der Waals surface area (Å²) in [6.07, 6.45) is 1.03. The maximum absolute atomic E-state index is 6.27. The lowest BCUT2D eigenvalue weighted by Gasteiger charge is -2.44. The standard InChI is InChI=1S/C16H22N3OS/c1-19(9-10-20-2)8-7-14-16(21-11-18-14)15(19)12-5-3-4-6-13(12)17/h3-6,11,15H,7-10,17H2,1-2H3/q+1. The van der Waals surface area contributed by atoms with E-state index < -0.39 is 0 Å². The number of ether oxygens (including phenoxy) is 1. The first-order valence-electron chi connectivity index (χ1n) is 7.25. The Morgan fingerprint density at radius 1 is 1.43 bits per heavy atom. The Bertz CT molecular complexity index is 627. The third kappa shape index (κ3) is 2.57. The number of benzene rings is 1. The average Bonchev–Trinajstić information content (AvgIpc) is 2.95. The van der Waals surface area contributed by atoms with Crippen molar-refractivity contribution in [2.75, 3.05) is 39.6 Å². The van der Waals surface area contributed by atoms with Gasteiger partial charge >= 0.3 is 0 Å². The van der Waals surface area contributed by atoms with Gasteiger partial charge in [-0.2, -0.15) is 0 Å². The van der Waals surface area contributed by atoms with Gasteiger partial charge in [0.15, 0.2) is 6.04 Å². The summed E-state index contributed by atoms with van der Waals surface area (Å²) in [6, 6.07) is 8.47. The van der Waals surface area contributed by atoms with Gasteiger partial charge in [-0.05, 0) is 6.07 Å². The summed E-state index contributed by atoms with van der Waals surface area (Å²) in [4.78, 5) is 5.90. The lowest BCUT2D eigenvalue weighted by molar-refractivity contribution is -0.935. The summed E-state index contributed by atoms with van der Waals surface area (Å²) in [5.41, 5.74) is 11.5. The lowest BCUT2D eigenvalue weighted by atomic mass is 9.94. The fraction of sp³-hybridized carbons (Fsp3) is 0.438. The van der Waals surface area contributed by atoms with Gasteiger partial charge in [0, 0.05) is 24.8 Å². The first-order chi connectivity index (χ1) is 10.2. The topological polar surface area (TPSA) is 48.1 Å². The minimum Gasteiger partial charge on any atom is -0.398 e. The van der Waals surface area contributed by atoms with Crippen LogP contribution in [0.2, 0.25) is 0 Å². The second-order valence-corrected chi connectivity index (χ2v) is 6.75. The van der Waals surface area contributed by atoms with Gasteiger partial charge in [0.25, 0.3) is 0 Å². The van der Waals surface area contributed by atoms with Gasteiger partial charge in [0.1, 0.15) is 6.54 Å². The Balaban J connectivity index is 2.08. The number of nitrogen functional groups attached to an aromatic ring is 1. The molecule has 1 aliphatic heterocycles. The summed E-state index contributed by atoms with van der Waals surface area (Å²) >= 11 is 1.75. The van der Waals surface area contributed by atoms with E-state index >= 15 is 0 Å². The monoisotopic (exact) mass is 304 g/mol. The number of rotatable bonds is 4. The Morgan fingerprint density at radius 2 is 2.24 bits per heavy atom. The van der Waals surface area contributed by atoms with Gasteiger partial charge < -0.3 is 15.0 Å². The van der Waals surface area contributed by atoms with Crippen molar-refractivity contribution in [3.05, 3.63) is 45.9 Å². The number of quaternary nitrogens is 1. The summed E-state index contributed by atoms with van der Waals surface area (Å²) in [5.74, 6) is 0. The van der Waals surface area contributed by atoms with Crippen molar-refractivity contribution >= 4 is 17.0 Å². The van der Waals surface area contributed by atoms with Gasteiger partial charge in [0.05, 0.1) is 36.3 Å². The summed E-state index contributed by atoms with van der Waals surface area (Å²) in [7, 11) is 4.07. The third-order valence-corrected chi connectivity index (χ3v) is 5.42. The average molecular weight is 304 g/mol. The van der Waals surface area contributed by atoms with E-state index in [1.54, 1.807) is 18.4 Å². The van der Waals surface area contributed by atoms with Gasteiger partial charge in [-0.25, -0.2) is 4.98 Å². The zero-order valence-electron chi connectivity index (χ0n) is 12.6. The van der Waals surface area contributed by atoms with Crippen LogP contribution in [0.1, 0.15) is 22.2 Å². The number of hydrogen-bond acceptors (Lipinski definition) is 4. The minimum absolute atomic E-state index is 0.262. The Hall–Kier alpha value is -1.43. The van der Waals surface area contributed by atoms with Crippen molar-refractivity contribution < 1.29 is 9.22 Å². The highest BCUT2D eigenvalue weighted by Gasteiger charge is 2.42. The van der Waals surface area contributed by atoms with Crippen molar-refractivity contribution in [2.24, 2.45) is 0 Å². The largest absolute Gasteiger partial charge is 0.398 e. The van der Waals surface area contributed by atoms with Crippen LogP contribution in [0.5, 0.6) is 0 Å². The smallest absolute Gasteiger partial charge is 0.153 e. The van der Waals surface area contributed by atoms with Crippen LogP contribution in [0.15, 0.2) is 29.8 Å². The molecule has 0 saturated heterocycles. The number of para-hydroxylation sites is 1. The highest BCUT2D eigenvalue weighted by Crippen LogP contribution is 2.43. The highest BCUT2D eigenvalue weighted by molar-refractivity contribution is 7.09. The van der Waals surface area contributed by atoms with Crippen LogP contribution in [-0.2, 0) is 11.2 Å². The molecule has 0 radical (unpaired) electrons. The molecule has 0 saturated carbocycles. The van der Waals surface area contributed by atoms with Gasteiger partial charge in [-0.15, -0.1) is 11.3 Å². The van der Waals surface area contributed by atoms with E-state index in [9.17, 15) is 0 Å². The Kier molecular flexibility index (Phi) is 3.97. The molecule has 2 N–H and O–H groups in total. The molecule has 0 bridgehead atoms. The quantitative estimate of drug-likeness (QED) is 0.697. The van der Waals surface area contributed by atoms with E-state index in [1.807, 2.05) is 17.6 Å². The molecule has 4 nitrogen and oxygen atoms in total. The van der Waals surface area contributed by atoms with Crippen molar-refractivity contribution in [1.29, 1.82) is 0 Å². The summed E-state index contributed by atoms with van der Waals surface area (Å²) < 4.78 is 6.26. The normalized spacial score (nSPS) is 24.8. The third-order valence-electron chi connectivity index (χ3n) is 4.50. The van der Waals surface area contributed by atoms with Crippen LogP contribution < -0.4 is 5.73 Å². The molecule has 21 heavy (non-hydrogen) atoms. The molecule has 1 aromatic carbocycles. The Labute approximate surface area is 129 Å². The lowest BCUT2D eigenvalue weighted by Crippen LogP contribution is -2.53. The van der Waals surface area contributed by atoms with Crippen molar-refractivity contribution in [2.45, 2.75) is 12.5 Å². The molecule has 2 unspecified atom stereocenters. The van der Waals surface area contributed by atoms with E-state index in [-0.39, 0.29) is 6.04 Å². The molecule has 2 atom stereocenters. The van der Waals surface area contributed by atoms with Crippen LogP contribution >= 0.6 is 11.3 Å². The summed E-state index contributed by atoms with van der Waals surface area (Å²) in [5, 5.41) is 0. The van der Waals surface area contributed by atoms with Gasteiger partial charge in [-0.3, -0.25) is 0 Å². The maximum atomic E-state index is 6.27. The van der Waals surface area contributed by atoms with Gasteiger partial charge in [-0.1, -0.05) is 18.2 Å². The highest BCUT2D eigenvalue weighted by atomic mass is 32.1. The second-order valence-electron chi connectivity index (χ2n) is 5.86. The zero-order chi connectivity index (χ0) is 14.9. The van der Waals surface area contributed by atoms with Crippen LogP contribution in [0.4, 0.5) is 5.69 Å². The number of fused-ring (bicyclic) bond motifs is 1. The number of nitrogens with two attached hydrogens (primary N) is 1. The predicted octanol–water partition coefficient (Wildman–Crippen LogP) is 2.46. The molecule has 1 aromatic heterocycles. The Morgan fingerprint density at radius 3 is 3.00 bits per heavy atom. The van der Waals surface area contributed by atoms with Crippen molar-refractivity contribution in [3.8, 4) is 0 Å². The van der Waals surface area contributed by atoms with Crippen molar-refractivity contribution in [1.82, 2.24) is 4.98 Å². The number of aromatic nitrogens is 1. The van der Waals surface area contributed by atoms with Crippen LogP contribution in [0, 0.1) is 0 Å². The maximum Gasteiger partial charge on any atom is 0.153 e. The number of nitrogens with zero attached hydrogens (tertiary/aromatic N) is 2. The number of thiazole rings is 1. The molecular formula is C16H22N3OS+. The SMILES string of the molecule is COCC[N+]1(C)CCc2ncsc2C1c1ccccc1N. The first kappa shape index (κ1) is 14.5. The van der Waals surface area contributed by atoms with E-state index in [0.717, 1.165) is 36.3 Å². The molecular weight excluding hydrogens is 282 g/mol. The van der Waals surface area contributed by atoms with E-state index in [1.165, 1.54) is 16.1 Å². The second kappa shape index (κ2) is 5.75. The molecule has 112 valence electrons. The molecule has 1 aliphatic rings. The van der Waals surface area contributed by atoms with Gasteiger partial charge in [0.2, 0.25) is 0 Å². The predicted molar refractivity (Wildman–Crippen MR) is 86.3 cm³/mol. The molecule has 2 aromatic rings. The fourth-order valence-electron chi connectivity index (χ4n) is 3.24. The number of likely N-dealkylation sites (N-methyl/N-ethyl adjacent to an activating group) is 1. The van der Waals surface area contributed by atoms with E-state index in [2.05, 4.69) is 24.2 Å². The van der Waals surface area contributed by atoms with Crippen LogP contribution in [0.25, 0.3) is 0 Å². The molecule has 0 aliphatic carbocycles. The van der Waals surface area contributed by atoms with Crippen LogP contribution in [0.3, 0.4) is 0 Å². The van der Waals surface area contributed by atoms with Crippen molar-refractivity contribution in [3.63, 3.8) is 0 Å². The number of methoxy groups -OCH3 is 1. The molecule has 2 heterocycles. The van der Waals surface area contributed by atoms with E-state index in [0.29, 0.717) is 0 Å². The van der Waals surface area contributed by atoms with Crippen LogP contribution in [-0.4, -0.2) is 43.3 Å². The number of hydrogen-bond donors (Lipinski definition) is 1.